The van der Waals surface area contributed by atoms with E-state index in [2.05, 4.69) is 25.8 Å². The summed E-state index contributed by atoms with van der Waals surface area (Å²) in [7, 11) is 2.16. The zero-order valence-corrected chi connectivity index (χ0v) is 9.55. The van der Waals surface area contributed by atoms with Crippen molar-refractivity contribution in [3.8, 4) is 0 Å². The Morgan fingerprint density at radius 3 is 2.43 bits per heavy atom. The molecule has 1 unspecified atom stereocenters. The smallest absolute Gasteiger partial charge is 0.142 e. The van der Waals surface area contributed by atoms with Gasteiger partial charge in [-0.15, -0.1) is 0 Å². The summed E-state index contributed by atoms with van der Waals surface area (Å²) in [4.78, 5) is 14.4. The van der Waals surface area contributed by atoms with Crippen molar-refractivity contribution in [3.05, 3.63) is 0 Å². The van der Waals surface area contributed by atoms with Crippen molar-refractivity contribution in [2.24, 2.45) is 11.3 Å². The van der Waals surface area contributed by atoms with E-state index >= 15 is 0 Å². The number of hydrogen-bond acceptors (Lipinski definition) is 2. The monoisotopic (exact) mass is 195 g/mol. The third kappa shape index (κ3) is 1.85. The second kappa shape index (κ2) is 3.34. The van der Waals surface area contributed by atoms with Crippen LogP contribution < -0.4 is 0 Å². The molecule has 0 N–H and O–H groups in total. The standard InChI is InChI=1S/C12H21NO/c1-12(2)7-6-9(11(12)14)8-13(3)10-4-5-10/h9-10H,4-8H2,1-3H3. The van der Waals surface area contributed by atoms with E-state index in [9.17, 15) is 4.79 Å². The molecule has 0 saturated heterocycles. The largest absolute Gasteiger partial charge is 0.303 e. The molecule has 0 bridgehead atoms. The molecular formula is C12H21NO. The number of carbonyl (C=O) groups excluding carboxylic acids is 1. The first-order valence-corrected chi connectivity index (χ1v) is 5.75. The zero-order valence-electron chi connectivity index (χ0n) is 9.55. The van der Waals surface area contributed by atoms with Crippen LogP contribution in [0.15, 0.2) is 0 Å². The molecule has 0 radical (unpaired) electrons. The van der Waals surface area contributed by atoms with Crippen LogP contribution in [0.1, 0.15) is 39.5 Å². The third-order valence-corrected chi connectivity index (χ3v) is 3.83. The molecule has 14 heavy (non-hydrogen) atoms. The summed E-state index contributed by atoms with van der Waals surface area (Å²) in [6, 6.07) is 0.784. The molecule has 2 saturated carbocycles. The average Bonchev–Trinajstić information content (AvgIpc) is 2.90. The van der Waals surface area contributed by atoms with Gasteiger partial charge < -0.3 is 4.90 Å². The molecule has 2 fully saturated rings. The highest BCUT2D eigenvalue weighted by Gasteiger charge is 2.41. The van der Waals surface area contributed by atoms with Crippen LogP contribution in [-0.2, 0) is 4.79 Å². The summed E-state index contributed by atoms with van der Waals surface area (Å²) in [6.07, 6.45) is 4.85. The van der Waals surface area contributed by atoms with Crippen molar-refractivity contribution in [2.45, 2.75) is 45.6 Å². The quantitative estimate of drug-likeness (QED) is 0.687. The van der Waals surface area contributed by atoms with Crippen LogP contribution in [0.25, 0.3) is 0 Å². The molecule has 0 aliphatic heterocycles. The average molecular weight is 195 g/mol. The maximum atomic E-state index is 12.0. The van der Waals surface area contributed by atoms with E-state index in [1.807, 2.05) is 0 Å². The fourth-order valence-corrected chi connectivity index (χ4v) is 2.53. The van der Waals surface area contributed by atoms with Gasteiger partial charge in [0.2, 0.25) is 0 Å². The molecule has 1 atom stereocenters. The van der Waals surface area contributed by atoms with Crippen molar-refractivity contribution in [2.75, 3.05) is 13.6 Å². The second-order valence-electron chi connectivity index (χ2n) is 5.65. The van der Waals surface area contributed by atoms with Crippen molar-refractivity contribution >= 4 is 5.78 Å². The summed E-state index contributed by atoms with van der Waals surface area (Å²) in [5.74, 6) is 0.806. The Balaban J connectivity index is 1.90. The SMILES string of the molecule is CN(CC1CCC(C)(C)C1=O)C1CC1. The number of carbonyl (C=O) groups is 1. The molecule has 2 aliphatic rings. The van der Waals surface area contributed by atoms with Crippen LogP contribution in [-0.4, -0.2) is 30.3 Å². The zero-order chi connectivity index (χ0) is 10.3. The van der Waals surface area contributed by atoms with E-state index in [0.717, 1.165) is 25.4 Å². The van der Waals surface area contributed by atoms with Crippen LogP contribution >= 0.6 is 0 Å². The van der Waals surface area contributed by atoms with Gasteiger partial charge in [-0.25, -0.2) is 0 Å². The maximum absolute atomic E-state index is 12.0. The highest BCUT2D eigenvalue weighted by atomic mass is 16.1. The van der Waals surface area contributed by atoms with Crippen molar-refractivity contribution in [1.29, 1.82) is 0 Å². The van der Waals surface area contributed by atoms with E-state index in [0.29, 0.717) is 11.7 Å². The van der Waals surface area contributed by atoms with E-state index in [-0.39, 0.29) is 5.41 Å². The molecule has 0 aromatic rings. The summed E-state index contributed by atoms with van der Waals surface area (Å²) in [5.41, 5.74) is -0.0466. The van der Waals surface area contributed by atoms with Crippen LogP contribution in [0, 0.1) is 11.3 Å². The number of rotatable bonds is 3. The van der Waals surface area contributed by atoms with Crippen LogP contribution in [0.2, 0.25) is 0 Å². The Labute approximate surface area is 86.7 Å². The molecule has 2 rings (SSSR count). The minimum atomic E-state index is -0.0466. The van der Waals surface area contributed by atoms with Gasteiger partial charge in [-0.05, 0) is 32.7 Å². The minimum Gasteiger partial charge on any atom is -0.303 e. The lowest BCUT2D eigenvalue weighted by Crippen LogP contribution is -2.32. The van der Waals surface area contributed by atoms with Gasteiger partial charge >= 0.3 is 0 Å². The summed E-state index contributed by atoms with van der Waals surface area (Å²) in [6.45, 7) is 5.17. The first-order chi connectivity index (χ1) is 6.50. The highest BCUT2D eigenvalue weighted by molar-refractivity contribution is 5.88. The lowest BCUT2D eigenvalue weighted by molar-refractivity contribution is -0.127. The third-order valence-electron chi connectivity index (χ3n) is 3.83. The molecule has 0 aromatic carbocycles. The Morgan fingerprint density at radius 2 is 2.00 bits per heavy atom. The van der Waals surface area contributed by atoms with Crippen molar-refractivity contribution < 1.29 is 4.79 Å². The second-order valence-corrected chi connectivity index (χ2v) is 5.65. The normalized spacial score (nSPS) is 31.4. The highest BCUT2D eigenvalue weighted by Crippen LogP contribution is 2.38. The maximum Gasteiger partial charge on any atom is 0.142 e. The van der Waals surface area contributed by atoms with E-state index < -0.39 is 0 Å². The lowest BCUT2D eigenvalue weighted by Gasteiger charge is -2.21. The fourth-order valence-electron chi connectivity index (χ4n) is 2.53. The predicted molar refractivity (Wildman–Crippen MR) is 57.2 cm³/mol. The van der Waals surface area contributed by atoms with Gasteiger partial charge in [0, 0.05) is 23.9 Å². The molecule has 0 spiro atoms. The predicted octanol–water partition coefficient (Wildman–Crippen LogP) is 2.09. The first kappa shape index (κ1) is 10.2. The van der Waals surface area contributed by atoms with E-state index in [1.54, 1.807) is 0 Å². The molecule has 2 nitrogen and oxygen atoms in total. The van der Waals surface area contributed by atoms with Gasteiger partial charge in [0.25, 0.3) is 0 Å². The molecule has 2 aliphatic carbocycles. The molecule has 80 valence electrons. The van der Waals surface area contributed by atoms with Crippen molar-refractivity contribution in [3.63, 3.8) is 0 Å². The molecule has 0 amide bonds. The lowest BCUT2D eigenvalue weighted by atomic mass is 9.89. The van der Waals surface area contributed by atoms with Gasteiger partial charge in [0.1, 0.15) is 5.78 Å². The molecule has 0 heterocycles. The van der Waals surface area contributed by atoms with Crippen LogP contribution in [0.5, 0.6) is 0 Å². The van der Waals surface area contributed by atoms with Gasteiger partial charge in [-0.2, -0.15) is 0 Å². The van der Waals surface area contributed by atoms with Gasteiger partial charge in [-0.3, -0.25) is 4.79 Å². The van der Waals surface area contributed by atoms with Gasteiger partial charge in [0.05, 0.1) is 0 Å². The Morgan fingerprint density at radius 1 is 1.36 bits per heavy atom. The Bertz CT molecular complexity index is 243. The molecule has 2 heteroatoms. The van der Waals surface area contributed by atoms with Gasteiger partial charge in [-0.1, -0.05) is 13.8 Å². The minimum absolute atomic E-state index is 0.0466. The summed E-state index contributed by atoms with van der Waals surface area (Å²) >= 11 is 0. The van der Waals surface area contributed by atoms with Gasteiger partial charge in [0.15, 0.2) is 0 Å². The van der Waals surface area contributed by atoms with E-state index in [4.69, 9.17) is 0 Å². The fraction of sp³-hybridized carbons (Fsp3) is 0.917. The Kier molecular flexibility index (Phi) is 2.42. The van der Waals surface area contributed by atoms with Crippen LogP contribution in [0.4, 0.5) is 0 Å². The molecule has 0 aromatic heterocycles. The number of ketones is 1. The number of hydrogen-bond donors (Lipinski definition) is 0. The van der Waals surface area contributed by atoms with E-state index in [1.165, 1.54) is 12.8 Å². The summed E-state index contributed by atoms with van der Waals surface area (Å²) in [5, 5.41) is 0. The van der Waals surface area contributed by atoms with Crippen LogP contribution in [0.3, 0.4) is 0 Å². The summed E-state index contributed by atoms with van der Waals surface area (Å²) < 4.78 is 0. The Hall–Kier alpha value is -0.370. The topological polar surface area (TPSA) is 20.3 Å². The van der Waals surface area contributed by atoms with Crippen molar-refractivity contribution in [1.82, 2.24) is 4.90 Å². The number of Topliss-reactive ketones (excluding diaryl/α,β-unsaturated/α-hetero) is 1. The number of nitrogens with zero attached hydrogens (tertiary/aromatic N) is 1. The molecular weight excluding hydrogens is 174 g/mol. The first-order valence-electron chi connectivity index (χ1n) is 5.75.